The monoisotopic (exact) mass is 276 g/mol. The second kappa shape index (κ2) is 6.47. The van der Waals surface area contributed by atoms with Crippen molar-refractivity contribution in [3.8, 4) is 0 Å². The Balaban J connectivity index is 2.07. The van der Waals surface area contributed by atoms with Crippen molar-refractivity contribution in [2.75, 3.05) is 5.75 Å². The Bertz CT molecular complexity index is 454. The van der Waals surface area contributed by atoms with Gasteiger partial charge in [0.15, 0.2) is 5.17 Å². The predicted molar refractivity (Wildman–Crippen MR) is 85.9 cm³/mol. The first-order valence-corrected chi connectivity index (χ1v) is 8.09. The molecular weight excluding hydrogens is 252 g/mol. The SMILES string of the molecule is Cc1ccccc1C(C)NC1=NC(C(C)C)CCS1. The first-order chi connectivity index (χ1) is 9.08. The molecular formula is C16H24N2S. The van der Waals surface area contributed by atoms with Crippen LogP contribution >= 0.6 is 11.8 Å². The van der Waals surface area contributed by atoms with E-state index in [2.05, 4.69) is 57.3 Å². The van der Waals surface area contributed by atoms with Crippen molar-refractivity contribution in [1.29, 1.82) is 0 Å². The summed E-state index contributed by atoms with van der Waals surface area (Å²) in [4.78, 5) is 4.84. The molecule has 1 aromatic carbocycles. The zero-order chi connectivity index (χ0) is 13.8. The van der Waals surface area contributed by atoms with Crippen LogP contribution < -0.4 is 5.32 Å². The number of aliphatic imine (C=N–C) groups is 1. The van der Waals surface area contributed by atoms with Gasteiger partial charge in [0.05, 0.1) is 12.1 Å². The number of hydrogen-bond acceptors (Lipinski definition) is 3. The fraction of sp³-hybridized carbons (Fsp3) is 0.562. The molecule has 2 rings (SSSR count). The summed E-state index contributed by atoms with van der Waals surface area (Å²) in [7, 11) is 0. The number of aryl methyl sites for hydroxylation is 1. The molecule has 0 amide bonds. The van der Waals surface area contributed by atoms with Crippen molar-refractivity contribution in [1.82, 2.24) is 5.32 Å². The Labute approximate surface area is 121 Å². The highest BCUT2D eigenvalue weighted by molar-refractivity contribution is 8.13. The third kappa shape index (κ3) is 3.75. The van der Waals surface area contributed by atoms with Gasteiger partial charge < -0.3 is 5.32 Å². The summed E-state index contributed by atoms with van der Waals surface area (Å²) in [6.07, 6.45) is 1.20. The summed E-state index contributed by atoms with van der Waals surface area (Å²) >= 11 is 1.85. The molecule has 1 heterocycles. The Morgan fingerprint density at radius 1 is 1.26 bits per heavy atom. The average molecular weight is 276 g/mol. The molecule has 0 aliphatic carbocycles. The van der Waals surface area contributed by atoms with Crippen LogP contribution in [-0.2, 0) is 0 Å². The van der Waals surface area contributed by atoms with Gasteiger partial charge in [0, 0.05) is 5.75 Å². The van der Waals surface area contributed by atoms with Crippen molar-refractivity contribution < 1.29 is 0 Å². The standard InChI is InChI=1S/C16H24N2S/c1-11(2)15-9-10-19-16(18-15)17-13(4)14-8-6-5-7-12(14)3/h5-8,11,13,15H,9-10H2,1-4H3,(H,17,18). The number of hydrogen-bond donors (Lipinski definition) is 1. The summed E-state index contributed by atoms with van der Waals surface area (Å²) in [5.41, 5.74) is 2.70. The topological polar surface area (TPSA) is 24.4 Å². The quantitative estimate of drug-likeness (QED) is 0.896. The molecule has 19 heavy (non-hydrogen) atoms. The third-order valence-corrected chi connectivity index (χ3v) is 4.64. The molecule has 1 aliphatic rings. The summed E-state index contributed by atoms with van der Waals surface area (Å²) in [5, 5.41) is 4.69. The minimum Gasteiger partial charge on any atom is -0.358 e. The lowest BCUT2D eigenvalue weighted by molar-refractivity contribution is 0.482. The second-order valence-electron chi connectivity index (χ2n) is 5.61. The van der Waals surface area contributed by atoms with Crippen LogP contribution in [0.5, 0.6) is 0 Å². The van der Waals surface area contributed by atoms with E-state index >= 15 is 0 Å². The van der Waals surface area contributed by atoms with Gasteiger partial charge >= 0.3 is 0 Å². The average Bonchev–Trinajstić information content (AvgIpc) is 2.39. The molecule has 2 atom stereocenters. The molecule has 0 fully saturated rings. The fourth-order valence-electron chi connectivity index (χ4n) is 2.43. The van der Waals surface area contributed by atoms with E-state index in [0.29, 0.717) is 18.0 Å². The fourth-order valence-corrected chi connectivity index (χ4v) is 3.45. The first-order valence-electron chi connectivity index (χ1n) is 7.10. The van der Waals surface area contributed by atoms with Crippen LogP contribution in [0.3, 0.4) is 0 Å². The van der Waals surface area contributed by atoms with Crippen molar-refractivity contribution in [2.45, 2.75) is 46.2 Å². The Kier molecular flexibility index (Phi) is 4.92. The minimum absolute atomic E-state index is 0.318. The lowest BCUT2D eigenvalue weighted by Gasteiger charge is -2.26. The highest BCUT2D eigenvalue weighted by atomic mass is 32.2. The number of thioether (sulfide) groups is 1. The second-order valence-corrected chi connectivity index (χ2v) is 6.69. The smallest absolute Gasteiger partial charge is 0.157 e. The van der Waals surface area contributed by atoms with Gasteiger partial charge in [-0.3, -0.25) is 4.99 Å². The van der Waals surface area contributed by atoms with Gasteiger partial charge in [-0.25, -0.2) is 0 Å². The van der Waals surface area contributed by atoms with E-state index in [9.17, 15) is 0 Å². The highest BCUT2D eigenvalue weighted by Crippen LogP contribution is 2.24. The number of rotatable bonds is 3. The van der Waals surface area contributed by atoms with Crippen LogP contribution in [0.4, 0.5) is 0 Å². The van der Waals surface area contributed by atoms with Crippen molar-refractivity contribution in [3.05, 3.63) is 35.4 Å². The lowest BCUT2D eigenvalue weighted by atomic mass is 10.0. The normalized spacial score (nSPS) is 21.1. The summed E-state index contributed by atoms with van der Waals surface area (Å²) in [6.45, 7) is 8.89. The molecule has 0 saturated heterocycles. The lowest BCUT2D eigenvalue weighted by Crippen LogP contribution is -2.31. The van der Waals surface area contributed by atoms with E-state index in [1.54, 1.807) is 0 Å². The van der Waals surface area contributed by atoms with Gasteiger partial charge in [-0.2, -0.15) is 0 Å². The van der Waals surface area contributed by atoms with Gasteiger partial charge in [0.25, 0.3) is 0 Å². The maximum absolute atomic E-state index is 4.84. The first kappa shape index (κ1) is 14.4. The van der Waals surface area contributed by atoms with Crippen LogP contribution in [-0.4, -0.2) is 17.0 Å². The largest absolute Gasteiger partial charge is 0.358 e. The molecule has 1 aliphatic heterocycles. The van der Waals surface area contributed by atoms with E-state index in [1.165, 1.54) is 23.3 Å². The van der Waals surface area contributed by atoms with Crippen molar-refractivity contribution in [3.63, 3.8) is 0 Å². The Morgan fingerprint density at radius 2 is 2.00 bits per heavy atom. The van der Waals surface area contributed by atoms with Gasteiger partial charge in [-0.15, -0.1) is 0 Å². The summed E-state index contributed by atoms with van der Waals surface area (Å²) < 4.78 is 0. The number of nitrogens with one attached hydrogen (secondary N) is 1. The zero-order valence-electron chi connectivity index (χ0n) is 12.3. The van der Waals surface area contributed by atoms with Crippen LogP contribution in [0, 0.1) is 12.8 Å². The molecule has 0 aromatic heterocycles. The van der Waals surface area contributed by atoms with Crippen LogP contribution in [0.1, 0.15) is 44.4 Å². The molecule has 2 unspecified atom stereocenters. The molecule has 0 bridgehead atoms. The maximum atomic E-state index is 4.84. The zero-order valence-corrected chi connectivity index (χ0v) is 13.1. The number of nitrogens with zero attached hydrogens (tertiary/aromatic N) is 1. The van der Waals surface area contributed by atoms with Gasteiger partial charge in [0.2, 0.25) is 0 Å². The highest BCUT2D eigenvalue weighted by Gasteiger charge is 2.20. The Hall–Kier alpha value is -0.960. The number of amidine groups is 1. The molecule has 0 saturated carbocycles. The molecule has 0 radical (unpaired) electrons. The number of benzene rings is 1. The molecule has 0 spiro atoms. The van der Waals surface area contributed by atoms with Crippen molar-refractivity contribution in [2.24, 2.45) is 10.9 Å². The summed E-state index contributed by atoms with van der Waals surface area (Å²) in [6, 6.07) is 9.35. The van der Waals surface area contributed by atoms with Crippen LogP contribution in [0.2, 0.25) is 0 Å². The van der Waals surface area contributed by atoms with E-state index in [1.807, 2.05) is 11.8 Å². The molecule has 104 valence electrons. The minimum atomic E-state index is 0.318. The molecule has 3 heteroatoms. The summed E-state index contributed by atoms with van der Waals surface area (Å²) in [5.74, 6) is 1.81. The van der Waals surface area contributed by atoms with Crippen LogP contribution in [0.25, 0.3) is 0 Å². The third-order valence-electron chi connectivity index (χ3n) is 3.70. The van der Waals surface area contributed by atoms with Crippen LogP contribution in [0.15, 0.2) is 29.3 Å². The molecule has 1 aromatic rings. The van der Waals surface area contributed by atoms with Gasteiger partial charge in [-0.05, 0) is 37.3 Å². The van der Waals surface area contributed by atoms with E-state index in [4.69, 9.17) is 4.99 Å². The van der Waals surface area contributed by atoms with E-state index < -0.39 is 0 Å². The van der Waals surface area contributed by atoms with E-state index in [-0.39, 0.29) is 0 Å². The van der Waals surface area contributed by atoms with Gasteiger partial charge in [0.1, 0.15) is 0 Å². The Morgan fingerprint density at radius 3 is 2.68 bits per heavy atom. The molecule has 2 nitrogen and oxygen atoms in total. The maximum Gasteiger partial charge on any atom is 0.157 e. The molecule has 1 N–H and O–H groups in total. The van der Waals surface area contributed by atoms with Gasteiger partial charge in [-0.1, -0.05) is 49.9 Å². The predicted octanol–water partition coefficient (Wildman–Crippen LogP) is 4.16. The van der Waals surface area contributed by atoms with Crippen molar-refractivity contribution >= 4 is 16.9 Å². The van der Waals surface area contributed by atoms with E-state index in [0.717, 1.165) is 5.17 Å².